The summed E-state index contributed by atoms with van der Waals surface area (Å²) < 4.78 is 0. The lowest BCUT2D eigenvalue weighted by Crippen LogP contribution is -2.42. The van der Waals surface area contributed by atoms with Gasteiger partial charge in [0.25, 0.3) is 0 Å². The van der Waals surface area contributed by atoms with Gasteiger partial charge in [0.2, 0.25) is 0 Å². The molecule has 1 aromatic rings. The first-order valence-corrected chi connectivity index (χ1v) is 6.55. The summed E-state index contributed by atoms with van der Waals surface area (Å²) in [6.07, 6.45) is 4.50. The molecule has 0 atom stereocenters. The van der Waals surface area contributed by atoms with Crippen LogP contribution in [-0.2, 0) is 0 Å². The highest BCUT2D eigenvalue weighted by molar-refractivity contribution is 6.31. The van der Waals surface area contributed by atoms with Gasteiger partial charge < -0.3 is 11.1 Å². The smallest absolute Gasteiger partial charge is 0.321 e. The average molecular weight is 268 g/mol. The molecule has 2 amide bonds. The van der Waals surface area contributed by atoms with Gasteiger partial charge in [-0.2, -0.15) is 0 Å². The van der Waals surface area contributed by atoms with E-state index in [0.29, 0.717) is 22.4 Å². The molecule has 0 unspecified atom stereocenters. The van der Waals surface area contributed by atoms with Gasteiger partial charge in [0.05, 0.1) is 11.4 Å². The molecule has 0 bridgehead atoms. The molecule has 4 nitrogen and oxygen atoms in total. The van der Waals surface area contributed by atoms with Crippen LogP contribution in [0.3, 0.4) is 0 Å². The number of nitrogens with one attached hydrogen (secondary N) is 1. The van der Waals surface area contributed by atoms with Crippen LogP contribution in [0.25, 0.3) is 0 Å². The summed E-state index contributed by atoms with van der Waals surface area (Å²) in [4.78, 5) is 13.6. The number of halogens is 1. The van der Waals surface area contributed by atoms with Crippen LogP contribution in [0.4, 0.5) is 16.2 Å². The molecule has 1 fully saturated rings. The van der Waals surface area contributed by atoms with Gasteiger partial charge in [-0.3, -0.25) is 4.90 Å². The lowest BCUT2D eigenvalue weighted by molar-refractivity contribution is 0.244. The van der Waals surface area contributed by atoms with E-state index < -0.39 is 0 Å². The molecule has 1 saturated carbocycles. The third-order valence-electron chi connectivity index (χ3n) is 3.34. The normalized spacial score (nSPS) is 15.7. The number of hydrogen-bond donors (Lipinski definition) is 2. The van der Waals surface area contributed by atoms with E-state index in [2.05, 4.69) is 5.32 Å². The van der Waals surface area contributed by atoms with E-state index >= 15 is 0 Å². The summed E-state index contributed by atoms with van der Waals surface area (Å²) in [5.41, 5.74) is 7.04. The second kappa shape index (κ2) is 5.48. The van der Waals surface area contributed by atoms with Gasteiger partial charge >= 0.3 is 6.03 Å². The van der Waals surface area contributed by atoms with Crippen molar-refractivity contribution in [2.24, 2.45) is 0 Å². The first-order valence-electron chi connectivity index (χ1n) is 6.17. The van der Waals surface area contributed by atoms with Gasteiger partial charge in [0.15, 0.2) is 0 Å². The number of benzene rings is 1. The summed E-state index contributed by atoms with van der Waals surface area (Å²) in [5.74, 6) is 0. The Labute approximate surface area is 112 Å². The molecule has 3 N–H and O–H groups in total. The van der Waals surface area contributed by atoms with Crippen molar-refractivity contribution in [1.82, 2.24) is 5.32 Å². The van der Waals surface area contributed by atoms with Gasteiger partial charge in [-0.05, 0) is 31.0 Å². The highest BCUT2D eigenvalue weighted by Gasteiger charge is 2.20. The minimum Gasteiger partial charge on any atom is -0.397 e. The fourth-order valence-electron chi connectivity index (χ4n) is 2.26. The minimum absolute atomic E-state index is 0.129. The van der Waals surface area contributed by atoms with Crippen molar-refractivity contribution in [3.8, 4) is 0 Å². The van der Waals surface area contributed by atoms with Gasteiger partial charge in [-0.1, -0.05) is 24.4 Å². The standard InChI is InChI=1S/C13H18ClN3O/c1-17(12-8-9(14)6-7-11(12)15)13(18)16-10-4-2-3-5-10/h6-8,10H,2-5,15H2,1H3,(H,16,18). The molecular weight excluding hydrogens is 250 g/mol. The zero-order chi connectivity index (χ0) is 13.1. The number of nitrogens with two attached hydrogens (primary N) is 1. The molecule has 1 aliphatic carbocycles. The summed E-state index contributed by atoms with van der Waals surface area (Å²) in [6, 6.07) is 5.28. The van der Waals surface area contributed by atoms with Crippen LogP contribution < -0.4 is 16.0 Å². The lowest BCUT2D eigenvalue weighted by Gasteiger charge is -2.22. The molecule has 0 spiro atoms. The Kier molecular flexibility index (Phi) is 3.97. The van der Waals surface area contributed by atoms with E-state index in [-0.39, 0.29) is 6.03 Å². The van der Waals surface area contributed by atoms with Crippen molar-refractivity contribution in [2.45, 2.75) is 31.7 Å². The van der Waals surface area contributed by atoms with Crippen LogP contribution in [0, 0.1) is 0 Å². The van der Waals surface area contributed by atoms with Crippen molar-refractivity contribution in [2.75, 3.05) is 17.7 Å². The highest BCUT2D eigenvalue weighted by Crippen LogP contribution is 2.26. The molecule has 2 rings (SSSR count). The predicted molar refractivity (Wildman–Crippen MR) is 75.1 cm³/mol. The van der Waals surface area contributed by atoms with Crippen LogP contribution in [-0.4, -0.2) is 19.1 Å². The fourth-order valence-corrected chi connectivity index (χ4v) is 2.42. The zero-order valence-corrected chi connectivity index (χ0v) is 11.2. The van der Waals surface area contributed by atoms with E-state index in [1.165, 1.54) is 17.7 Å². The Morgan fingerprint density at radius 3 is 2.78 bits per heavy atom. The average Bonchev–Trinajstić information content (AvgIpc) is 2.84. The van der Waals surface area contributed by atoms with Crippen LogP contribution in [0.1, 0.15) is 25.7 Å². The maximum atomic E-state index is 12.1. The number of amides is 2. The van der Waals surface area contributed by atoms with Gasteiger partial charge in [0.1, 0.15) is 0 Å². The summed E-state index contributed by atoms with van der Waals surface area (Å²) in [6.45, 7) is 0. The molecule has 0 heterocycles. The molecule has 0 aliphatic heterocycles. The molecule has 5 heteroatoms. The predicted octanol–water partition coefficient (Wildman–Crippen LogP) is 3.01. The van der Waals surface area contributed by atoms with E-state index in [0.717, 1.165) is 12.8 Å². The fraction of sp³-hybridized carbons (Fsp3) is 0.462. The number of rotatable bonds is 2. The van der Waals surface area contributed by atoms with Crippen LogP contribution in [0.15, 0.2) is 18.2 Å². The first kappa shape index (κ1) is 13.0. The maximum absolute atomic E-state index is 12.1. The van der Waals surface area contributed by atoms with Gasteiger partial charge in [-0.25, -0.2) is 4.79 Å². The number of anilines is 2. The Bertz CT molecular complexity index is 444. The topological polar surface area (TPSA) is 58.4 Å². The van der Waals surface area contributed by atoms with Crippen molar-refractivity contribution in [3.05, 3.63) is 23.2 Å². The molecule has 1 aliphatic rings. The van der Waals surface area contributed by atoms with Gasteiger partial charge in [-0.15, -0.1) is 0 Å². The SMILES string of the molecule is CN(C(=O)NC1CCCC1)c1cc(Cl)ccc1N. The Morgan fingerprint density at radius 2 is 2.11 bits per heavy atom. The van der Waals surface area contributed by atoms with Crippen LogP contribution in [0.2, 0.25) is 5.02 Å². The van der Waals surface area contributed by atoms with Crippen molar-refractivity contribution < 1.29 is 4.79 Å². The van der Waals surface area contributed by atoms with Crippen molar-refractivity contribution >= 4 is 29.0 Å². The highest BCUT2D eigenvalue weighted by atomic mass is 35.5. The first-order chi connectivity index (χ1) is 8.58. The van der Waals surface area contributed by atoms with Crippen molar-refractivity contribution in [1.29, 1.82) is 0 Å². The minimum atomic E-state index is -0.129. The molecule has 0 radical (unpaired) electrons. The second-order valence-corrected chi connectivity index (χ2v) is 5.13. The summed E-state index contributed by atoms with van der Waals surface area (Å²) in [7, 11) is 1.70. The quantitative estimate of drug-likeness (QED) is 0.810. The summed E-state index contributed by atoms with van der Waals surface area (Å²) in [5, 5.41) is 3.58. The number of nitrogens with zero attached hydrogens (tertiary/aromatic N) is 1. The lowest BCUT2D eigenvalue weighted by atomic mass is 10.2. The molecule has 1 aromatic carbocycles. The Hall–Kier alpha value is -1.42. The number of carbonyl (C=O) groups excluding carboxylic acids is 1. The monoisotopic (exact) mass is 267 g/mol. The third kappa shape index (κ3) is 2.88. The second-order valence-electron chi connectivity index (χ2n) is 4.69. The van der Waals surface area contributed by atoms with Crippen LogP contribution >= 0.6 is 11.6 Å². The Morgan fingerprint density at radius 1 is 1.44 bits per heavy atom. The molecule has 98 valence electrons. The van der Waals surface area contributed by atoms with E-state index in [1.54, 1.807) is 25.2 Å². The molecule has 0 saturated heterocycles. The van der Waals surface area contributed by atoms with E-state index in [4.69, 9.17) is 17.3 Å². The Balaban J connectivity index is 2.07. The summed E-state index contributed by atoms with van der Waals surface area (Å²) >= 11 is 5.92. The molecular formula is C13H18ClN3O. The van der Waals surface area contributed by atoms with Gasteiger partial charge in [0, 0.05) is 18.1 Å². The largest absolute Gasteiger partial charge is 0.397 e. The number of carbonyl (C=O) groups is 1. The van der Waals surface area contributed by atoms with Crippen LogP contribution in [0.5, 0.6) is 0 Å². The van der Waals surface area contributed by atoms with Crippen molar-refractivity contribution in [3.63, 3.8) is 0 Å². The number of nitrogen functional groups attached to an aromatic ring is 1. The number of hydrogen-bond acceptors (Lipinski definition) is 2. The maximum Gasteiger partial charge on any atom is 0.321 e. The zero-order valence-electron chi connectivity index (χ0n) is 10.4. The number of urea groups is 1. The molecule has 18 heavy (non-hydrogen) atoms. The van der Waals surface area contributed by atoms with E-state index in [1.807, 2.05) is 0 Å². The van der Waals surface area contributed by atoms with E-state index in [9.17, 15) is 4.79 Å². The third-order valence-corrected chi connectivity index (χ3v) is 3.58. The molecule has 0 aromatic heterocycles.